The summed E-state index contributed by atoms with van der Waals surface area (Å²) in [5.74, 6) is -2.61. The number of benzene rings is 1. The fraction of sp³-hybridized carbons (Fsp3) is 0.429. The van der Waals surface area contributed by atoms with E-state index in [9.17, 15) is 18.4 Å². The molecule has 2 atom stereocenters. The van der Waals surface area contributed by atoms with E-state index < -0.39 is 36.7 Å². The highest BCUT2D eigenvalue weighted by Crippen LogP contribution is 2.15. The molecule has 0 spiro atoms. The van der Waals surface area contributed by atoms with Crippen LogP contribution in [-0.2, 0) is 16.0 Å². The largest absolute Gasteiger partial charge is 0.480 e. The van der Waals surface area contributed by atoms with Crippen molar-refractivity contribution in [1.29, 1.82) is 0 Å². The van der Waals surface area contributed by atoms with Gasteiger partial charge in [-0.3, -0.25) is 4.79 Å². The van der Waals surface area contributed by atoms with Gasteiger partial charge in [0.1, 0.15) is 6.04 Å². The highest BCUT2D eigenvalue weighted by molar-refractivity contribution is 6.30. The lowest BCUT2D eigenvalue weighted by molar-refractivity contribution is -0.143. The van der Waals surface area contributed by atoms with Gasteiger partial charge in [-0.05, 0) is 24.1 Å². The lowest BCUT2D eigenvalue weighted by atomic mass is 10.00. The van der Waals surface area contributed by atoms with Crippen molar-refractivity contribution >= 4 is 23.5 Å². The number of aliphatic carboxylic acids is 1. The van der Waals surface area contributed by atoms with E-state index in [0.29, 0.717) is 11.4 Å². The van der Waals surface area contributed by atoms with E-state index in [1.807, 2.05) is 0 Å². The lowest BCUT2D eigenvalue weighted by Gasteiger charge is -2.17. The van der Waals surface area contributed by atoms with Crippen molar-refractivity contribution < 1.29 is 23.5 Å². The minimum absolute atomic E-state index is 0.341. The third-order valence-electron chi connectivity index (χ3n) is 2.91. The zero-order valence-corrected chi connectivity index (χ0v) is 12.1. The standard InChI is InChI=1S/C14H16ClF2NO3/c1-8(5-9-3-2-4-10(15)6-9)13(19)18-11(14(20)21)7-12(16)17/h2-4,6,8,11-12H,5,7H2,1H3,(H,18,19)(H,20,21). The summed E-state index contributed by atoms with van der Waals surface area (Å²) in [6, 6.07) is 5.32. The van der Waals surface area contributed by atoms with Gasteiger partial charge in [0.2, 0.25) is 12.3 Å². The fourth-order valence-electron chi connectivity index (χ4n) is 1.82. The van der Waals surface area contributed by atoms with Gasteiger partial charge in [0.05, 0.1) is 0 Å². The first-order valence-corrected chi connectivity index (χ1v) is 6.73. The summed E-state index contributed by atoms with van der Waals surface area (Å²) in [7, 11) is 0. The number of amides is 1. The van der Waals surface area contributed by atoms with E-state index in [1.165, 1.54) is 0 Å². The number of carboxylic acids is 1. The minimum Gasteiger partial charge on any atom is -0.480 e. The van der Waals surface area contributed by atoms with E-state index in [1.54, 1.807) is 31.2 Å². The van der Waals surface area contributed by atoms with E-state index in [4.69, 9.17) is 16.7 Å². The zero-order chi connectivity index (χ0) is 16.0. The number of carboxylic acid groups (broad SMARTS) is 1. The molecule has 0 radical (unpaired) electrons. The molecule has 0 bridgehead atoms. The predicted octanol–water partition coefficient (Wildman–Crippen LogP) is 2.74. The highest BCUT2D eigenvalue weighted by atomic mass is 35.5. The number of alkyl halides is 2. The van der Waals surface area contributed by atoms with Crippen LogP contribution in [0.1, 0.15) is 18.9 Å². The molecular formula is C14H16ClF2NO3. The Morgan fingerprint density at radius 3 is 2.57 bits per heavy atom. The molecule has 1 aromatic carbocycles. The van der Waals surface area contributed by atoms with Crippen molar-refractivity contribution in [2.24, 2.45) is 5.92 Å². The van der Waals surface area contributed by atoms with Crippen LogP contribution >= 0.6 is 11.6 Å². The Bertz CT molecular complexity index is 511. The van der Waals surface area contributed by atoms with Crippen LogP contribution in [0, 0.1) is 5.92 Å². The van der Waals surface area contributed by atoms with Gasteiger partial charge < -0.3 is 10.4 Å². The minimum atomic E-state index is -2.80. The molecule has 0 aromatic heterocycles. The van der Waals surface area contributed by atoms with Crippen LogP contribution in [0.3, 0.4) is 0 Å². The fourth-order valence-corrected chi connectivity index (χ4v) is 2.04. The van der Waals surface area contributed by atoms with Crippen LogP contribution in [0.5, 0.6) is 0 Å². The molecule has 0 fully saturated rings. The van der Waals surface area contributed by atoms with E-state index >= 15 is 0 Å². The Balaban J connectivity index is 2.62. The number of carbonyl (C=O) groups is 2. The topological polar surface area (TPSA) is 66.4 Å². The van der Waals surface area contributed by atoms with Crippen molar-refractivity contribution in [2.45, 2.75) is 32.2 Å². The maximum atomic E-state index is 12.3. The first-order valence-electron chi connectivity index (χ1n) is 6.35. The van der Waals surface area contributed by atoms with E-state index in [0.717, 1.165) is 5.56 Å². The summed E-state index contributed by atoms with van der Waals surface area (Å²) in [5, 5.41) is 11.5. The molecule has 0 heterocycles. The predicted molar refractivity (Wildman–Crippen MR) is 74.5 cm³/mol. The third kappa shape index (κ3) is 6.08. The maximum absolute atomic E-state index is 12.3. The van der Waals surface area contributed by atoms with Crippen molar-refractivity contribution in [3.05, 3.63) is 34.9 Å². The molecule has 2 N–H and O–H groups in total. The Kier molecular flexibility index (Phi) is 6.55. The van der Waals surface area contributed by atoms with E-state index in [2.05, 4.69) is 5.32 Å². The first-order chi connectivity index (χ1) is 9.79. The van der Waals surface area contributed by atoms with Gasteiger partial charge in [-0.15, -0.1) is 0 Å². The van der Waals surface area contributed by atoms with Crippen molar-refractivity contribution in [1.82, 2.24) is 5.32 Å². The molecule has 1 rings (SSSR count). The van der Waals surface area contributed by atoms with Crippen LogP contribution in [-0.4, -0.2) is 29.5 Å². The molecule has 1 aromatic rings. The zero-order valence-electron chi connectivity index (χ0n) is 11.4. The summed E-state index contributed by atoms with van der Waals surface area (Å²) in [6.07, 6.45) is -3.37. The highest BCUT2D eigenvalue weighted by Gasteiger charge is 2.26. The third-order valence-corrected chi connectivity index (χ3v) is 3.14. The van der Waals surface area contributed by atoms with Gasteiger partial charge >= 0.3 is 5.97 Å². The van der Waals surface area contributed by atoms with Gasteiger partial charge in [-0.1, -0.05) is 30.7 Å². The summed E-state index contributed by atoms with van der Waals surface area (Å²) in [4.78, 5) is 22.7. The summed E-state index contributed by atoms with van der Waals surface area (Å²) < 4.78 is 24.5. The number of rotatable bonds is 7. The monoisotopic (exact) mass is 319 g/mol. The molecular weight excluding hydrogens is 304 g/mol. The molecule has 0 saturated heterocycles. The lowest BCUT2D eigenvalue weighted by Crippen LogP contribution is -2.44. The molecule has 4 nitrogen and oxygen atoms in total. The first kappa shape index (κ1) is 17.4. The number of hydrogen-bond acceptors (Lipinski definition) is 2. The average Bonchev–Trinajstić information content (AvgIpc) is 2.37. The van der Waals surface area contributed by atoms with Gasteiger partial charge in [0.25, 0.3) is 0 Å². The molecule has 0 aliphatic rings. The number of hydrogen-bond donors (Lipinski definition) is 2. The summed E-state index contributed by atoms with van der Waals surface area (Å²) in [6.45, 7) is 1.59. The van der Waals surface area contributed by atoms with Crippen molar-refractivity contribution in [3.8, 4) is 0 Å². The van der Waals surface area contributed by atoms with Crippen LogP contribution in [0.2, 0.25) is 5.02 Å². The van der Waals surface area contributed by atoms with Crippen LogP contribution < -0.4 is 5.32 Å². The molecule has 0 saturated carbocycles. The summed E-state index contributed by atoms with van der Waals surface area (Å²) >= 11 is 5.83. The Morgan fingerprint density at radius 2 is 2.05 bits per heavy atom. The molecule has 0 aliphatic heterocycles. The van der Waals surface area contributed by atoms with Gasteiger partial charge in [0, 0.05) is 17.4 Å². The number of carbonyl (C=O) groups excluding carboxylic acids is 1. The van der Waals surface area contributed by atoms with E-state index in [-0.39, 0.29) is 0 Å². The quantitative estimate of drug-likeness (QED) is 0.812. The SMILES string of the molecule is CC(Cc1cccc(Cl)c1)C(=O)NC(CC(F)F)C(=O)O. The average molecular weight is 320 g/mol. The molecule has 0 aliphatic carbocycles. The normalized spacial score (nSPS) is 13.8. The number of halogens is 3. The molecule has 2 unspecified atom stereocenters. The van der Waals surface area contributed by atoms with Crippen LogP contribution in [0.25, 0.3) is 0 Å². The smallest absolute Gasteiger partial charge is 0.326 e. The number of nitrogens with one attached hydrogen (secondary N) is 1. The van der Waals surface area contributed by atoms with Gasteiger partial charge in [-0.25, -0.2) is 13.6 Å². The molecule has 1 amide bonds. The second-order valence-electron chi connectivity index (χ2n) is 4.76. The maximum Gasteiger partial charge on any atom is 0.326 e. The molecule has 7 heteroatoms. The second kappa shape index (κ2) is 7.93. The second-order valence-corrected chi connectivity index (χ2v) is 5.20. The van der Waals surface area contributed by atoms with Crippen LogP contribution in [0.15, 0.2) is 24.3 Å². The Hall–Kier alpha value is -1.69. The molecule has 116 valence electrons. The van der Waals surface area contributed by atoms with Crippen LogP contribution in [0.4, 0.5) is 8.78 Å². The Morgan fingerprint density at radius 1 is 1.38 bits per heavy atom. The molecule has 21 heavy (non-hydrogen) atoms. The van der Waals surface area contributed by atoms with Crippen molar-refractivity contribution in [2.75, 3.05) is 0 Å². The van der Waals surface area contributed by atoms with Gasteiger partial charge in [-0.2, -0.15) is 0 Å². The summed E-state index contributed by atoms with van der Waals surface area (Å²) in [5.41, 5.74) is 0.811. The van der Waals surface area contributed by atoms with Crippen molar-refractivity contribution in [3.63, 3.8) is 0 Å². The van der Waals surface area contributed by atoms with Gasteiger partial charge in [0.15, 0.2) is 0 Å². The Labute approximate surface area is 126 Å².